The third kappa shape index (κ3) is 2.80. The second kappa shape index (κ2) is 5.51. The normalized spacial score (nSPS) is 11.0. The van der Waals surface area contributed by atoms with E-state index in [1.807, 2.05) is 6.07 Å². The predicted molar refractivity (Wildman–Crippen MR) is 84.2 cm³/mol. The van der Waals surface area contributed by atoms with Crippen LogP contribution in [0.5, 0.6) is 0 Å². The minimum Gasteiger partial charge on any atom is -0.294 e. The highest BCUT2D eigenvalue weighted by Crippen LogP contribution is 2.13. The standard InChI is InChI=1S/C15H9F2IN2O/c16-12-3-1-9(5-13(12)17)7-20-8-19-14-4-2-10(18)6-11(14)15(20)21/h1-6,8H,7H2. The maximum absolute atomic E-state index is 13.2. The molecule has 2 aromatic carbocycles. The van der Waals surface area contributed by atoms with E-state index in [0.29, 0.717) is 16.5 Å². The van der Waals surface area contributed by atoms with Crippen LogP contribution in [-0.4, -0.2) is 9.55 Å². The first-order chi connectivity index (χ1) is 10.0. The van der Waals surface area contributed by atoms with Gasteiger partial charge in [0, 0.05) is 3.57 Å². The molecule has 0 amide bonds. The molecule has 0 aliphatic carbocycles. The van der Waals surface area contributed by atoms with Gasteiger partial charge in [-0.2, -0.15) is 0 Å². The summed E-state index contributed by atoms with van der Waals surface area (Å²) in [5, 5.41) is 0.506. The van der Waals surface area contributed by atoms with Gasteiger partial charge in [-0.1, -0.05) is 6.07 Å². The van der Waals surface area contributed by atoms with Crippen LogP contribution in [-0.2, 0) is 6.54 Å². The van der Waals surface area contributed by atoms with Gasteiger partial charge in [0.25, 0.3) is 5.56 Å². The van der Waals surface area contributed by atoms with E-state index in [2.05, 4.69) is 27.6 Å². The Hall–Kier alpha value is -1.83. The molecule has 0 saturated carbocycles. The van der Waals surface area contributed by atoms with Crippen molar-refractivity contribution in [3.05, 3.63) is 73.8 Å². The zero-order valence-electron chi connectivity index (χ0n) is 10.7. The van der Waals surface area contributed by atoms with Crippen molar-refractivity contribution in [3.63, 3.8) is 0 Å². The highest BCUT2D eigenvalue weighted by molar-refractivity contribution is 14.1. The maximum atomic E-state index is 13.2. The number of hydrogen-bond acceptors (Lipinski definition) is 2. The van der Waals surface area contributed by atoms with E-state index in [0.717, 1.165) is 15.7 Å². The third-order valence-electron chi connectivity index (χ3n) is 3.12. The monoisotopic (exact) mass is 398 g/mol. The molecule has 1 aromatic heterocycles. The summed E-state index contributed by atoms with van der Waals surface area (Å²) < 4.78 is 28.4. The van der Waals surface area contributed by atoms with Crippen molar-refractivity contribution in [2.24, 2.45) is 0 Å². The minimum atomic E-state index is -0.927. The molecule has 0 aliphatic rings. The SMILES string of the molecule is O=c1c2cc(I)ccc2ncn1Cc1ccc(F)c(F)c1. The number of halogens is 3. The van der Waals surface area contributed by atoms with Crippen LogP contribution in [0.1, 0.15) is 5.56 Å². The van der Waals surface area contributed by atoms with Gasteiger partial charge in [-0.25, -0.2) is 13.8 Å². The van der Waals surface area contributed by atoms with Crippen LogP contribution < -0.4 is 5.56 Å². The second-order valence-corrected chi connectivity index (χ2v) is 5.83. The molecular weight excluding hydrogens is 389 g/mol. The van der Waals surface area contributed by atoms with Crippen molar-refractivity contribution in [1.82, 2.24) is 9.55 Å². The summed E-state index contributed by atoms with van der Waals surface area (Å²) >= 11 is 2.12. The largest absolute Gasteiger partial charge is 0.294 e. The molecule has 0 radical (unpaired) electrons. The molecule has 6 heteroatoms. The Balaban J connectivity index is 2.06. The zero-order chi connectivity index (χ0) is 15.0. The van der Waals surface area contributed by atoms with Crippen LogP contribution in [0.2, 0.25) is 0 Å². The summed E-state index contributed by atoms with van der Waals surface area (Å²) in [6.45, 7) is 0.143. The molecule has 106 valence electrons. The van der Waals surface area contributed by atoms with Gasteiger partial charge in [0.1, 0.15) is 0 Å². The minimum absolute atomic E-state index is 0.143. The Morgan fingerprint density at radius 3 is 2.67 bits per heavy atom. The van der Waals surface area contributed by atoms with Crippen LogP contribution in [0, 0.1) is 15.2 Å². The number of nitrogens with zero attached hydrogens (tertiary/aromatic N) is 2. The van der Waals surface area contributed by atoms with Crippen LogP contribution in [0.15, 0.2) is 47.5 Å². The summed E-state index contributed by atoms with van der Waals surface area (Å²) in [4.78, 5) is 16.6. The van der Waals surface area contributed by atoms with Gasteiger partial charge in [-0.15, -0.1) is 0 Å². The smallest absolute Gasteiger partial charge is 0.261 e. The van der Waals surface area contributed by atoms with Gasteiger partial charge in [-0.05, 0) is 58.5 Å². The van der Waals surface area contributed by atoms with E-state index in [-0.39, 0.29) is 12.1 Å². The van der Waals surface area contributed by atoms with Crippen molar-refractivity contribution in [2.45, 2.75) is 6.54 Å². The highest BCUT2D eigenvalue weighted by Gasteiger charge is 2.07. The molecule has 0 bridgehead atoms. The lowest BCUT2D eigenvalue weighted by Gasteiger charge is -2.07. The summed E-state index contributed by atoms with van der Waals surface area (Å²) in [5.74, 6) is -1.83. The summed E-state index contributed by atoms with van der Waals surface area (Å²) in [6, 6.07) is 8.99. The summed E-state index contributed by atoms with van der Waals surface area (Å²) in [7, 11) is 0. The molecule has 0 aliphatic heterocycles. The topological polar surface area (TPSA) is 34.9 Å². The van der Waals surface area contributed by atoms with Crippen LogP contribution in [0.25, 0.3) is 10.9 Å². The Morgan fingerprint density at radius 1 is 1.10 bits per heavy atom. The molecule has 3 nitrogen and oxygen atoms in total. The van der Waals surface area contributed by atoms with Crippen molar-refractivity contribution < 1.29 is 8.78 Å². The quantitative estimate of drug-likeness (QED) is 0.621. The number of aromatic nitrogens is 2. The molecular formula is C15H9F2IN2O. The molecule has 0 atom stereocenters. The fourth-order valence-electron chi connectivity index (χ4n) is 2.08. The number of benzene rings is 2. The van der Waals surface area contributed by atoms with E-state index >= 15 is 0 Å². The van der Waals surface area contributed by atoms with Crippen molar-refractivity contribution in [3.8, 4) is 0 Å². The third-order valence-corrected chi connectivity index (χ3v) is 3.79. The Morgan fingerprint density at radius 2 is 1.90 bits per heavy atom. The van der Waals surface area contributed by atoms with Gasteiger partial charge in [0.15, 0.2) is 11.6 Å². The summed E-state index contributed by atoms with van der Waals surface area (Å²) in [6.07, 6.45) is 1.42. The first-order valence-corrected chi connectivity index (χ1v) is 7.21. The summed E-state index contributed by atoms with van der Waals surface area (Å²) in [5.41, 5.74) is 0.910. The average molecular weight is 398 g/mol. The molecule has 0 unspecified atom stereocenters. The number of rotatable bonds is 2. The van der Waals surface area contributed by atoms with Gasteiger partial charge in [-0.3, -0.25) is 9.36 Å². The van der Waals surface area contributed by atoms with E-state index in [4.69, 9.17) is 0 Å². The fourth-order valence-corrected chi connectivity index (χ4v) is 2.57. The van der Waals surface area contributed by atoms with E-state index in [1.54, 1.807) is 12.1 Å². The Kier molecular flexibility index (Phi) is 3.71. The lowest BCUT2D eigenvalue weighted by atomic mass is 10.2. The average Bonchev–Trinajstić information content (AvgIpc) is 2.46. The Labute approximate surface area is 132 Å². The van der Waals surface area contributed by atoms with Gasteiger partial charge in [0.2, 0.25) is 0 Å². The molecule has 3 aromatic rings. The first kappa shape index (κ1) is 14.1. The zero-order valence-corrected chi connectivity index (χ0v) is 12.8. The first-order valence-electron chi connectivity index (χ1n) is 6.13. The fraction of sp³-hybridized carbons (Fsp3) is 0.0667. The molecule has 21 heavy (non-hydrogen) atoms. The van der Waals surface area contributed by atoms with Crippen LogP contribution in [0.3, 0.4) is 0 Å². The maximum Gasteiger partial charge on any atom is 0.261 e. The van der Waals surface area contributed by atoms with Crippen LogP contribution in [0.4, 0.5) is 8.78 Å². The van der Waals surface area contributed by atoms with Crippen molar-refractivity contribution in [2.75, 3.05) is 0 Å². The lowest BCUT2D eigenvalue weighted by Crippen LogP contribution is -2.21. The van der Waals surface area contributed by atoms with E-state index in [9.17, 15) is 13.6 Å². The molecule has 0 N–H and O–H groups in total. The van der Waals surface area contributed by atoms with Gasteiger partial charge < -0.3 is 0 Å². The van der Waals surface area contributed by atoms with E-state index in [1.165, 1.54) is 17.0 Å². The molecule has 0 spiro atoms. The number of fused-ring (bicyclic) bond motifs is 1. The van der Waals surface area contributed by atoms with Crippen molar-refractivity contribution in [1.29, 1.82) is 0 Å². The molecule has 3 rings (SSSR count). The number of hydrogen-bond donors (Lipinski definition) is 0. The highest BCUT2D eigenvalue weighted by atomic mass is 127. The van der Waals surface area contributed by atoms with Crippen LogP contribution >= 0.6 is 22.6 Å². The van der Waals surface area contributed by atoms with E-state index < -0.39 is 11.6 Å². The predicted octanol–water partition coefficient (Wildman–Crippen LogP) is 3.33. The van der Waals surface area contributed by atoms with Crippen molar-refractivity contribution >= 4 is 33.5 Å². The molecule has 0 fully saturated rings. The Bertz CT molecular complexity index is 892. The second-order valence-electron chi connectivity index (χ2n) is 4.59. The molecule has 1 heterocycles. The van der Waals surface area contributed by atoms with Gasteiger partial charge >= 0.3 is 0 Å². The molecule has 0 saturated heterocycles. The lowest BCUT2D eigenvalue weighted by molar-refractivity contribution is 0.506. The van der Waals surface area contributed by atoms with Gasteiger partial charge in [0.05, 0.1) is 23.8 Å².